The number of para-hydroxylation sites is 1. The Morgan fingerprint density at radius 1 is 1.05 bits per heavy atom. The third kappa shape index (κ3) is 5.16. The average molecular weight is 526 g/mol. The van der Waals surface area contributed by atoms with E-state index in [1.54, 1.807) is 25.6 Å². The molecule has 0 saturated carbocycles. The number of anilines is 2. The smallest absolute Gasteiger partial charge is 0.251 e. The van der Waals surface area contributed by atoms with Crippen LogP contribution in [0.1, 0.15) is 46.2 Å². The summed E-state index contributed by atoms with van der Waals surface area (Å²) in [4.78, 5) is 35.3. The lowest BCUT2D eigenvalue weighted by molar-refractivity contribution is 0.0964. The Balaban J connectivity index is 1.11. The van der Waals surface area contributed by atoms with Crippen molar-refractivity contribution in [3.63, 3.8) is 0 Å². The van der Waals surface area contributed by atoms with E-state index in [2.05, 4.69) is 59.3 Å². The molecule has 4 aromatic rings. The zero-order valence-electron chi connectivity index (χ0n) is 22.6. The summed E-state index contributed by atoms with van der Waals surface area (Å²) >= 11 is 0. The number of nitrogens with zero attached hydrogens (tertiary/aromatic N) is 7. The van der Waals surface area contributed by atoms with Gasteiger partial charge in [-0.15, -0.1) is 0 Å². The summed E-state index contributed by atoms with van der Waals surface area (Å²) in [5, 5.41) is 7.02. The number of amides is 1. The summed E-state index contributed by atoms with van der Waals surface area (Å²) < 4.78 is 2.43. The second kappa shape index (κ2) is 11.0. The number of rotatable bonds is 7. The second-order valence-electron chi connectivity index (χ2n) is 10.4. The summed E-state index contributed by atoms with van der Waals surface area (Å²) in [7, 11) is 3.85. The zero-order valence-corrected chi connectivity index (χ0v) is 22.6. The fraction of sp³-hybridized carbons (Fsp3) is 0.414. The number of benzene rings is 1. The van der Waals surface area contributed by atoms with Gasteiger partial charge in [0.25, 0.3) is 5.91 Å². The molecule has 2 aliphatic rings. The Morgan fingerprint density at radius 3 is 2.77 bits per heavy atom. The highest BCUT2D eigenvalue weighted by atomic mass is 16.1. The number of likely N-dealkylation sites (tertiary alicyclic amines) is 1. The van der Waals surface area contributed by atoms with Crippen LogP contribution in [-0.2, 0) is 19.5 Å². The molecule has 6 rings (SSSR count). The van der Waals surface area contributed by atoms with Crippen molar-refractivity contribution < 1.29 is 4.79 Å². The standard InChI is InChI=1S/C29H35N9O/c1-30-29(39)23-7-11-32-28-21(4-3-5-22(23)28)6-10-31-25-16-26(35-19-34-25)37-14-15-38-24(17-33-27(38)18-37)20-8-12-36(2)13-9-20/h3-5,7,11,16-17,19-20H,6,8-10,12-15,18H2,1-2H3,(H,30,39)(H,31,34,35). The van der Waals surface area contributed by atoms with Crippen molar-refractivity contribution in [2.75, 3.05) is 50.5 Å². The van der Waals surface area contributed by atoms with Gasteiger partial charge in [-0.1, -0.05) is 18.2 Å². The van der Waals surface area contributed by atoms with Crippen molar-refractivity contribution in [3.05, 3.63) is 71.7 Å². The van der Waals surface area contributed by atoms with Crippen molar-refractivity contribution >= 4 is 28.4 Å². The van der Waals surface area contributed by atoms with Crippen molar-refractivity contribution in [1.82, 2.24) is 34.7 Å². The highest BCUT2D eigenvalue weighted by Gasteiger charge is 2.26. The van der Waals surface area contributed by atoms with Crippen LogP contribution in [0.4, 0.5) is 11.6 Å². The molecule has 1 saturated heterocycles. The number of imidazole rings is 1. The maximum absolute atomic E-state index is 12.3. The van der Waals surface area contributed by atoms with Gasteiger partial charge in [0.2, 0.25) is 0 Å². The van der Waals surface area contributed by atoms with Crippen LogP contribution in [0.2, 0.25) is 0 Å². The van der Waals surface area contributed by atoms with Gasteiger partial charge < -0.3 is 25.0 Å². The SMILES string of the molecule is CNC(=O)c1ccnc2c(CCNc3cc(N4CCn5c(C6CCN(C)CC6)cnc5C4)ncn3)cccc12. The van der Waals surface area contributed by atoms with Crippen LogP contribution in [0, 0.1) is 0 Å². The minimum Gasteiger partial charge on any atom is -0.370 e. The number of hydrogen-bond donors (Lipinski definition) is 2. The van der Waals surface area contributed by atoms with Gasteiger partial charge in [0.15, 0.2) is 0 Å². The molecule has 0 atom stereocenters. The van der Waals surface area contributed by atoms with Gasteiger partial charge in [-0.25, -0.2) is 15.0 Å². The Labute approximate surface area is 228 Å². The largest absolute Gasteiger partial charge is 0.370 e. The number of aromatic nitrogens is 5. The van der Waals surface area contributed by atoms with Crippen LogP contribution < -0.4 is 15.5 Å². The van der Waals surface area contributed by atoms with E-state index in [-0.39, 0.29) is 5.91 Å². The number of hydrogen-bond acceptors (Lipinski definition) is 8. The number of carbonyl (C=O) groups is 1. The number of fused-ring (bicyclic) bond motifs is 2. The first kappa shape index (κ1) is 25.2. The van der Waals surface area contributed by atoms with Crippen LogP contribution in [0.15, 0.2) is 49.1 Å². The van der Waals surface area contributed by atoms with Gasteiger partial charge in [-0.05, 0) is 51.0 Å². The number of carbonyl (C=O) groups excluding carboxylic acids is 1. The van der Waals surface area contributed by atoms with Crippen molar-refractivity contribution in [2.45, 2.75) is 38.3 Å². The fourth-order valence-electron chi connectivity index (χ4n) is 5.82. The Morgan fingerprint density at radius 2 is 1.92 bits per heavy atom. The van der Waals surface area contributed by atoms with E-state index in [1.165, 1.54) is 18.5 Å². The maximum Gasteiger partial charge on any atom is 0.251 e. The Bertz CT molecular complexity index is 1470. The maximum atomic E-state index is 12.3. The first-order chi connectivity index (χ1) is 19.1. The highest BCUT2D eigenvalue weighted by molar-refractivity contribution is 6.06. The Kier molecular flexibility index (Phi) is 7.10. The minimum absolute atomic E-state index is 0.107. The molecule has 10 nitrogen and oxygen atoms in total. The van der Waals surface area contributed by atoms with Gasteiger partial charge in [0, 0.05) is 62.1 Å². The molecule has 2 aliphatic heterocycles. The van der Waals surface area contributed by atoms with Gasteiger partial charge in [0.1, 0.15) is 23.8 Å². The summed E-state index contributed by atoms with van der Waals surface area (Å²) in [6.07, 6.45) is 8.58. The molecule has 3 aromatic heterocycles. The molecule has 202 valence electrons. The number of nitrogens with one attached hydrogen (secondary N) is 2. The lowest BCUT2D eigenvalue weighted by atomic mass is 9.94. The van der Waals surface area contributed by atoms with E-state index >= 15 is 0 Å². The van der Waals surface area contributed by atoms with Crippen LogP contribution in [0.5, 0.6) is 0 Å². The van der Waals surface area contributed by atoms with Crippen molar-refractivity contribution in [2.24, 2.45) is 0 Å². The van der Waals surface area contributed by atoms with Crippen LogP contribution in [0.3, 0.4) is 0 Å². The van der Waals surface area contributed by atoms with E-state index in [0.717, 1.165) is 73.1 Å². The fourth-order valence-corrected chi connectivity index (χ4v) is 5.82. The van der Waals surface area contributed by atoms with Crippen LogP contribution in [0.25, 0.3) is 10.9 Å². The Hall–Kier alpha value is -4.05. The molecule has 0 radical (unpaired) electrons. The van der Waals surface area contributed by atoms with E-state index in [1.807, 2.05) is 18.2 Å². The molecule has 5 heterocycles. The predicted molar refractivity (Wildman–Crippen MR) is 152 cm³/mol. The molecule has 0 spiro atoms. The van der Waals surface area contributed by atoms with Crippen molar-refractivity contribution in [1.29, 1.82) is 0 Å². The molecule has 10 heteroatoms. The molecule has 1 fully saturated rings. The topological polar surface area (TPSA) is 104 Å². The summed E-state index contributed by atoms with van der Waals surface area (Å²) in [6, 6.07) is 9.76. The molecule has 39 heavy (non-hydrogen) atoms. The number of pyridine rings is 1. The second-order valence-corrected chi connectivity index (χ2v) is 10.4. The van der Waals surface area contributed by atoms with E-state index < -0.39 is 0 Å². The summed E-state index contributed by atoms with van der Waals surface area (Å²) in [5.41, 5.74) is 3.97. The van der Waals surface area contributed by atoms with Crippen LogP contribution >= 0.6 is 0 Å². The lowest BCUT2D eigenvalue weighted by Gasteiger charge is -2.33. The highest BCUT2D eigenvalue weighted by Crippen LogP contribution is 2.30. The van der Waals surface area contributed by atoms with Gasteiger partial charge in [-0.2, -0.15) is 0 Å². The molecule has 0 unspecified atom stereocenters. The molecule has 2 N–H and O–H groups in total. The van der Waals surface area contributed by atoms with Gasteiger partial charge in [0.05, 0.1) is 17.6 Å². The molecule has 0 aliphatic carbocycles. The first-order valence-corrected chi connectivity index (χ1v) is 13.7. The van der Waals surface area contributed by atoms with E-state index in [9.17, 15) is 4.79 Å². The predicted octanol–water partition coefficient (Wildman–Crippen LogP) is 3.06. The average Bonchev–Trinajstić information content (AvgIpc) is 3.40. The lowest BCUT2D eigenvalue weighted by Crippen LogP contribution is -2.36. The zero-order chi connectivity index (χ0) is 26.8. The van der Waals surface area contributed by atoms with E-state index in [0.29, 0.717) is 18.0 Å². The minimum atomic E-state index is -0.107. The number of piperidine rings is 1. The molecule has 1 amide bonds. The normalized spacial score (nSPS) is 16.3. The monoisotopic (exact) mass is 525 g/mol. The van der Waals surface area contributed by atoms with Gasteiger partial charge >= 0.3 is 0 Å². The molecular weight excluding hydrogens is 490 g/mol. The molecule has 1 aromatic carbocycles. The van der Waals surface area contributed by atoms with Crippen molar-refractivity contribution in [3.8, 4) is 0 Å². The quantitative estimate of drug-likeness (QED) is 0.380. The summed E-state index contributed by atoms with van der Waals surface area (Å²) in [6.45, 7) is 5.57. The molecular formula is C29H35N9O. The van der Waals surface area contributed by atoms with Crippen LogP contribution in [-0.4, -0.2) is 75.6 Å². The summed E-state index contributed by atoms with van der Waals surface area (Å²) in [5.74, 6) is 3.31. The third-order valence-electron chi connectivity index (χ3n) is 8.04. The third-order valence-corrected chi connectivity index (χ3v) is 8.04. The van der Waals surface area contributed by atoms with Gasteiger partial charge in [-0.3, -0.25) is 9.78 Å². The van der Waals surface area contributed by atoms with E-state index in [4.69, 9.17) is 4.98 Å². The first-order valence-electron chi connectivity index (χ1n) is 13.7. The molecule has 0 bridgehead atoms.